The van der Waals surface area contributed by atoms with Crippen molar-refractivity contribution in [2.75, 3.05) is 28.4 Å². The lowest BCUT2D eigenvalue weighted by molar-refractivity contribution is -0.384. The summed E-state index contributed by atoms with van der Waals surface area (Å²) in [6.07, 6.45) is 9.54. The summed E-state index contributed by atoms with van der Waals surface area (Å²) >= 11 is 6.04. The molecule has 16 heteroatoms. The van der Waals surface area contributed by atoms with E-state index >= 15 is 0 Å². The number of methoxy groups -OCH3 is 4. The van der Waals surface area contributed by atoms with Crippen LogP contribution in [0.25, 0.3) is 0 Å². The molecule has 2 aromatic carbocycles. The van der Waals surface area contributed by atoms with E-state index in [0.717, 1.165) is 40.6 Å². The molecule has 0 aromatic heterocycles. The summed E-state index contributed by atoms with van der Waals surface area (Å²) in [6.45, 7) is 0. The molecule has 4 unspecified atom stereocenters. The van der Waals surface area contributed by atoms with Gasteiger partial charge in [-0.25, -0.2) is 19.2 Å². The normalized spacial score (nSPS) is 21.1. The summed E-state index contributed by atoms with van der Waals surface area (Å²) in [6, 6.07) is 6.13. The van der Waals surface area contributed by atoms with Crippen LogP contribution in [0.2, 0.25) is 5.02 Å². The van der Waals surface area contributed by atoms with E-state index in [2.05, 4.69) is 0 Å². The molecule has 0 N–H and O–H groups in total. The molecule has 4 heterocycles. The molecule has 0 fully saturated rings. The van der Waals surface area contributed by atoms with Gasteiger partial charge in [0.2, 0.25) is 0 Å². The summed E-state index contributed by atoms with van der Waals surface area (Å²) in [5.74, 6) is -4.81. The molecule has 54 heavy (non-hydrogen) atoms. The molecule has 276 valence electrons. The molecule has 15 nitrogen and oxygen atoms in total. The van der Waals surface area contributed by atoms with Crippen LogP contribution >= 0.6 is 11.6 Å². The number of fused-ring (bicyclic) bond motifs is 2. The van der Waals surface area contributed by atoms with Crippen molar-refractivity contribution >= 4 is 52.7 Å². The number of benzene rings is 2. The second-order valence-corrected chi connectivity index (χ2v) is 12.6. The Bertz CT molecular complexity index is 2200. The molecule has 0 aliphatic carbocycles. The topological polar surface area (TPSA) is 189 Å². The fraction of sp³-hybridized carbons (Fsp3) is 0.211. The number of rotatable bonds is 10. The maximum absolute atomic E-state index is 14.0. The Kier molecular flexibility index (Phi) is 10.2. The zero-order valence-corrected chi connectivity index (χ0v) is 29.8. The second kappa shape index (κ2) is 14.8. The van der Waals surface area contributed by atoms with Gasteiger partial charge in [-0.3, -0.25) is 19.7 Å². The van der Waals surface area contributed by atoms with Crippen molar-refractivity contribution in [1.82, 2.24) is 9.80 Å². The molecular formula is C38H30ClN3O12. The summed E-state index contributed by atoms with van der Waals surface area (Å²) in [4.78, 5) is 94.8. The quantitative estimate of drug-likeness (QED) is 0.112. The number of nitro groups is 1. The fourth-order valence-electron chi connectivity index (χ4n) is 6.95. The Hall–Kier alpha value is -6.61. The number of non-ortho nitro benzene ring substituents is 1. The van der Waals surface area contributed by atoms with Crippen molar-refractivity contribution < 1.29 is 52.6 Å². The van der Waals surface area contributed by atoms with Crippen molar-refractivity contribution in [3.63, 3.8) is 0 Å². The first-order chi connectivity index (χ1) is 25.9. The van der Waals surface area contributed by atoms with Crippen molar-refractivity contribution in [2.45, 2.75) is 24.2 Å². The average Bonchev–Trinajstić information content (AvgIpc) is 3.72. The van der Waals surface area contributed by atoms with Crippen LogP contribution in [0.5, 0.6) is 0 Å². The number of esters is 4. The van der Waals surface area contributed by atoms with E-state index in [0.29, 0.717) is 16.2 Å². The van der Waals surface area contributed by atoms with E-state index in [1.165, 1.54) is 52.4 Å². The highest BCUT2D eigenvalue weighted by Crippen LogP contribution is 2.42. The molecule has 4 aliphatic rings. The largest absolute Gasteiger partial charge is 0.466 e. The number of carbonyl (C=O) groups is 6. The second-order valence-electron chi connectivity index (χ2n) is 12.1. The van der Waals surface area contributed by atoms with Crippen LogP contribution in [-0.4, -0.2) is 103 Å². The molecule has 6 rings (SSSR count). The van der Waals surface area contributed by atoms with E-state index < -0.39 is 64.5 Å². The third kappa shape index (κ3) is 6.27. The van der Waals surface area contributed by atoms with Gasteiger partial charge in [-0.2, -0.15) is 0 Å². The Balaban J connectivity index is 1.44. The zero-order valence-electron chi connectivity index (χ0n) is 29.0. The lowest BCUT2D eigenvalue weighted by Crippen LogP contribution is -2.42. The van der Waals surface area contributed by atoms with Crippen LogP contribution in [-0.2, 0) is 38.1 Å². The van der Waals surface area contributed by atoms with Crippen LogP contribution in [0.3, 0.4) is 0 Å². The van der Waals surface area contributed by atoms with Crippen LogP contribution in [0.15, 0.2) is 119 Å². The number of nitro benzene ring substituents is 1. The Morgan fingerprint density at radius 2 is 0.944 bits per heavy atom. The van der Waals surface area contributed by atoms with Gasteiger partial charge in [0.25, 0.3) is 5.69 Å². The standard InChI is InChI=1S/C38H30ClN3O12/c1-51-35(45)27-25-17-21(13-15-40(25)31(29(27)37(47)53-3)33(43)19-5-9-23(39)10-6-19)22-14-16-41-26(18-22)28(36(46)52-2)30(38(48)54-4)32(41)34(44)20-7-11-24(12-8-20)42(49)50/h5-18,25-26,31-32H,1-4H3. The lowest BCUT2D eigenvalue weighted by Gasteiger charge is -2.34. The number of nitrogens with zero attached hydrogens (tertiary/aromatic N) is 3. The third-order valence-corrected chi connectivity index (χ3v) is 9.68. The van der Waals surface area contributed by atoms with Crippen molar-refractivity contribution in [1.29, 1.82) is 0 Å². The summed E-state index contributed by atoms with van der Waals surface area (Å²) < 4.78 is 20.2. The Morgan fingerprint density at radius 1 is 0.593 bits per heavy atom. The van der Waals surface area contributed by atoms with Gasteiger partial charge in [0.1, 0.15) is 12.1 Å². The molecule has 0 spiro atoms. The van der Waals surface area contributed by atoms with Crippen molar-refractivity contribution in [2.24, 2.45) is 0 Å². The molecule has 4 aliphatic heterocycles. The van der Waals surface area contributed by atoms with E-state index in [9.17, 15) is 38.9 Å². The van der Waals surface area contributed by atoms with Gasteiger partial charge >= 0.3 is 23.9 Å². The smallest absolute Gasteiger partial charge is 0.336 e. The predicted octanol–water partition coefficient (Wildman–Crippen LogP) is 3.61. The monoisotopic (exact) mass is 755 g/mol. The maximum Gasteiger partial charge on any atom is 0.336 e. The van der Waals surface area contributed by atoms with Gasteiger partial charge in [0.05, 0.1) is 67.7 Å². The van der Waals surface area contributed by atoms with Crippen LogP contribution in [0, 0.1) is 10.1 Å². The van der Waals surface area contributed by atoms with Gasteiger partial charge in [0, 0.05) is 40.7 Å². The molecule has 0 radical (unpaired) electrons. The summed E-state index contributed by atoms with van der Waals surface area (Å²) in [5.41, 5.74) is 0.160. The molecule has 2 aromatic rings. The predicted molar refractivity (Wildman–Crippen MR) is 189 cm³/mol. The van der Waals surface area contributed by atoms with Gasteiger partial charge in [-0.15, -0.1) is 0 Å². The molecule has 0 saturated carbocycles. The number of ether oxygens (including phenoxy) is 4. The minimum Gasteiger partial charge on any atom is -0.466 e. The van der Waals surface area contributed by atoms with Crippen molar-refractivity contribution in [3.05, 3.63) is 145 Å². The van der Waals surface area contributed by atoms with Crippen LogP contribution < -0.4 is 0 Å². The van der Waals surface area contributed by atoms with Gasteiger partial charge in [0.15, 0.2) is 11.6 Å². The minimum absolute atomic E-state index is 0.0329. The first kappa shape index (κ1) is 37.2. The number of ketones is 2. The highest BCUT2D eigenvalue weighted by atomic mass is 35.5. The number of hydrogen-bond acceptors (Lipinski definition) is 14. The van der Waals surface area contributed by atoms with Gasteiger partial charge < -0.3 is 28.7 Å². The van der Waals surface area contributed by atoms with E-state index in [1.807, 2.05) is 0 Å². The molecular weight excluding hydrogens is 726 g/mol. The first-order valence-corrected chi connectivity index (χ1v) is 16.5. The number of allylic oxidation sites excluding steroid dienone is 4. The van der Waals surface area contributed by atoms with Crippen molar-refractivity contribution in [3.8, 4) is 0 Å². The number of hydrogen-bond donors (Lipinski definition) is 0. The van der Waals surface area contributed by atoms with Gasteiger partial charge in [-0.1, -0.05) is 11.6 Å². The Labute approximate surface area is 312 Å². The molecule has 0 amide bonds. The molecule has 0 saturated heterocycles. The van der Waals surface area contributed by atoms with E-state index in [1.54, 1.807) is 30.5 Å². The first-order valence-electron chi connectivity index (χ1n) is 16.1. The maximum atomic E-state index is 14.0. The number of halogens is 1. The SMILES string of the molecule is COC(=O)C1=C(C(=O)OC)C(C(=O)c2ccc(Cl)cc2)N2C=CC(C3=CC4C(C(=O)OC)=C(C(=O)OC)C(C(=O)c5ccc([N+](=O)[O-])cc5)N4C=C3)=CC12. The number of Topliss-reactive ketones (excluding diaryl/α,β-unsaturated/α-hetero) is 2. The zero-order chi connectivity index (χ0) is 39.0. The molecule has 0 bridgehead atoms. The van der Waals surface area contributed by atoms with Crippen LogP contribution in [0.4, 0.5) is 5.69 Å². The number of carbonyl (C=O) groups excluding carboxylic acids is 6. The summed E-state index contributed by atoms with van der Waals surface area (Å²) in [5, 5.41) is 11.6. The van der Waals surface area contributed by atoms with E-state index in [-0.39, 0.29) is 39.1 Å². The summed E-state index contributed by atoms with van der Waals surface area (Å²) in [7, 11) is 4.48. The fourth-order valence-corrected chi connectivity index (χ4v) is 7.08. The highest BCUT2D eigenvalue weighted by molar-refractivity contribution is 6.30. The highest BCUT2D eigenvalue weighted by Gasteiger charge is 2.51. The molecule has 4 atom stereocenters. The Morgan fingerprint density at radius 3 is 1.30 bits per heavy atom. The van der Waals surface area contributed by atoms with Gasteiger partial charge in [-0.05, 0) is 71.8 Å². The average molecular weight is 756 g/mol. The third-order valence-electron chi connectivity index (χ3n) is 9.43. The van der Waals surface area contributed by atoms with Crippen LogP contribution in [0.1, 0.15) is 20.7 Å². The minimum atomic E-state index is -1.38. The van der Waals surface area contributed by atoms with E-state index in [4.69, 9.17) is 30.5 Å². The lowest BCUT2D eigenvalue weighted by atomic mass is 9.92.